The van der Waals surface area contributed by atoms with Crippen LogP contribution in [0, 0.1) is 12.7 Å². The zero-order chi connectivity index (χ0) is 13.8. The number of carbonyl (C=O) groups is 1. The van der Waals surface area contributed by atoms with Crippen LogP contribution in [0.4, 0.5) is 10.1 Å². The van der Waals surface area contributed by atoms with Gasteiger partial charge in [0, 0.05) is 0 Å². The number of halogens is 1. The van der Waals surface area contributed by atoms with Crippen molar-refractivity contribution in [2.45, 2.75) is 20.3 Å². The van der Waals surface area contributed by atoms with Crippen LogP contribution in [0.2, 0.25) is 0 Å². The monoisotopic (exact) mass is 273 g/mol. The summed E-state index contributed by atoms with van der Waals surface area (Å²) >= 11 is 0. The molecule has 0 fully saturated rings. The van der Waals surface area contributed by atoms with E-state index >= 15 is 0 Å². The summed E-state index contributed by atoms with van der Waals surface area (Å²) in [6, 6.07) is 4.32. The van der Waals surface area contributed by atoms with Crippen LogP contribution in [-0.4, -0.2) is 25.8 Å². The van der Waals surface area contributed by atoms with Gasteiger partial charge in [0.15, 0.2) is 9.84 Å². The minimum absolute atomic E-state index is 0.00250. The van der Waals surface area contributed by atoms with E-state index in [0.29, 0.717) is 6.42 Å². The van der Waals surface area contributed by atoms with Crippen molar-refractivity contribution in [2.24, 2.45) is 0 Å². The first kappa shape index (κ1) is 14.6. The predicted octanol–water partition coefficient (Wildman–Crippen LogP) is 1.90. The second kappa shape index (κ2) is 5.95. The highest BCUT2D eigenvalue weighted by molar-refractivity contribution is 7.92. The molecule has 1 amide bonds. The Balaban J connectivity index is 2.71. The summed E-state index contributed by atoms with van der Waals surface area (Å²) in [6.07, 6.45) is 0.453. The Morgan fingerprint density at radius 1 is 1.39 bits per heavy atom. The summed E-state index contributed by atoms with van der Waals surface area (Å²) in [7, 11) is -3.41. The van der Waals surface area contributed by atoms with Gasteiger partial charge < -0.3 is 5.32 Å². The van der Waals surface area contributed by atoms with E-state index in [9.17, 15) is 17.6 Å². The fourth-order valence-corrected chi connectivity index (χ4v) is 2.73. The lowest BCUT2D eigenvalue weighted by Crippen LogP contribution is -2.24. The van der Waals surface area contributed by atoms with Crippen LogP contribution >= 0.6 is 0 Å². The SMILES string of the molecule is CCCS(=O)(=O)CC(=O)Nc1ccc(C)cc1F. The zero-order valence-corrected chi connectivity index (χ0v) is 11.2. The van der Waals surface area contributed by atoms with Gasteiger partial charge in [-0.25, -0.2) is 12.8 Å². The third kappa shape index (κ3) is 4.44. The van der Waals surface area contributed by atoms with Crippen LogP contribution in [0.1, 0.15) is 18.9 Å². The van der Waals surface area contributed by atoms with Gasteiger partial charge in [-0.15, -0.1) is 0 Å². The van der Waals surface area contributed by atoms with Crippen LogP contribution in [0.5, 0.6) is 0 Å². The molecule has 0 heterocycles. The summed E-state index contributed by atoms with van der Waals surface area (Å²) < 4.78 is 36.3. The quantitative estimate of drug-likeness (QED) is 0.891. The molecule has 1 rings (SSSR count). The van der Waals surface area contributed by atoms with Crippen LogP contribution in [0.3, 0.4) is 0 Å². The fourth-order valence-electron chi connectivity index (χ4n) is 1.49. The average molecular weight is 273 g/mol. The molecule has 1 N–H and O–H groups in total. The molecule has 0 aliphatic heterocycles. The number of amides is 1. The first-order valence-corrected chi connectivity index (χ1v) is 7.42. The minimum atomic E-state index is -3.41. The lowest BCUT2D eigenvalue weighted by Gasteiger charge is -2.07. The molecule has 0 aliphatic carbocycles. The molecule has 0 spiro atoms. The Bertz CT molecular complexity index is 540. The number of anilines is 1. The van der Waals surface area contributed by atoms with E-state index in [-0.39, 0.29) is 11.4 Å². The third-order valence-electron chi connectivity index (χ3n) is 2.26. The fraction of sp³-hybridized carbons (Fsp3) is 0.417. The number of carbonyl (C=O) groups excluding carboxylic acids is 1. The van der Waals surface area contributed by atoms with Crippen LogP contribution in [-0.2, 0) is 14.6 Å². The summed E-state index contributed by atoms with van der Waals surface area (Å²) in [5.41, 5.74) is 0.724. The van der Waals surface area contributed by atoms with E-state index in [2.05, 4.69) is 5.32 Å². The van der Waals surface area contributed by atoms with Crippen LogP contribution in [0.15, 0.2) is 18.2 Å². The molecular weight excluding hydrogens is 257 g/mol. The molecule has 0 saturated carbocycles. The van der Waals surface area contributed by atoms with Gasteiger partial charge in [0.1, 0.15) is 11.6 Å². The topological polar surface area (TPSA) is 63.2 Å². The molecular formula is C12H16FNO3S. The molecule has 0 atom stereocenters. The van der Waals surface area contributed by atoms with E-state index < -0.39 is 27.3 Å². The highest BCUT2D eigenvalue weighted by Crippen LogP contribution is 2.15. The van der Waals surface area contributed by atoms with Crippen molar-refractivity contribution < 1.29 is 17.6 Å². The maximum atomic E-state index is 13.4. The maximum Gasteiger partial charge on any atom is 0.239 e. The van der Waals surface area contributed by atoms with Gasteiger partial charge in [-0.1, -0.05) is 13.0 Å². The molecule has 1 aromatic carbocycles. The molecule has 0 bridgehead atoms. The predicted molar refractivity (Wildman–Crippen MR) is 68.7 cm³/mol. The van der Waals surface area contributed by atoms with E-state index in [1.165, 1.54) is 12.1 Å². The van der Waals surface area contributed by atoms with Crippen molar-refractivity contribution in [2.75, 3.05) is 16.8 Å². The van der Waals surface area contributed by atoms with Crippen LogP contribution < -0.4 is 5.32 Å². The summed E-state index contributed by atoms with van der Waals surface area (Å²) in [6.45, 7) is 3.44. The number of benzene rings is 1. The Morgan fingerprint density at radius 2 is 2.06 bits per heavy atom. The zero-order valence-electron chi connectivity index (χ0n) is 10.4. The molecule has 18 heavy (non-hydrogen) atoms. The Kier molecular flexibility index (Phi) is 4.84. The van der Waals surface area contributed by atoms with Gasteiger partial charge >= 0.3 is 0 Å². The van der Waals surface area contributed by atoms with Gasteiger partial charge in [0.25, 0.3) is 0 Å². The first-order chi connectivity index (χ1) is 8.34. The molecule has 0 aromatic heterocycles. The van der Waals surface area contributed by atoms with Crippen molar-refractivity contribution in [1.29, 1.82) is 0 Å². The highest BCUT2D eigenvalue weighted by atomic mass is 32.2. The normalized spacial score (nSPS) is 11.3. The Hall–Kier alpha value is -1.43. The molecule has 4 nitrogen and oxygen atoms in total. The van der Waals surface area contributed by atoms with Gasteiger partial charge in [0.05, 0.1) is 11.4 Å². The standard InChI is InChI=1S/C12H16FNO3S/c1-3-6-18(16,17)8-12(15)14-11-5-4-9(2)7-10(11)13/h4-5,7H,3,6,8H2,1-2H3,(H,14,15). The van der Waals surface area contributed by atoms with Crippen molar-refractivity contribution in [3.05, 3.63) is 29.6 Å². The van der Waals surface area contributed by atoms with Crippen molar-refractivity contribution in [1.82, 2.24) is 0 Å². The molecule has 6 heteroatoms. The molecule has 0 radical (unpaired) electrons. The average Bonchev–Trinajstić information content (AvgIpc) is 2.21. The second-order valence-electron chi connectivity index (χ2n) is 4.12. The number of hydrogen-bond acceptors (Lipinski definition) is 3. The van der Waals surface area contributed by atoms with Gasteiger partial charge in [0.2, 0.25) is 5.91 Å². The molecule has 0 aliphatic rings. The Labute approximate surface area is 106 Å². The second-order valence-corrected chi connectivity index (χ2v) is 6.31. The molecule has 0 saturated heterocycles. The minimum Gasteiger partial charge on any atom is -0.323 e. The summed E-state index contributed by atoms with van der Waals surface area (Å²) in [5.74, 6) is -1.95. The van der Waals surface area contributed by atoms with Gasteiger partial charge in [-0.3, -0.25) is 4.79 Å². The van der Waals surface area contributed by atoms with Crippen molar-refractivity contribution >= 4 is 21.4 Å². The lowest BCUT2D eigenvalue weighted by atomic mass is 10.2. The first-order valence-electron chi connectivity index (χ1n) is 5.60. The van der Waals surface area contributed by atoms with E-state index in [1.54, 1.807) is 19.9 Å². The van der Waals surface area contributed by atoms with E-state index in [0.717, 1.165) is 5.56 Å². The lowest BCUT2D eigenvalue weighted by molar-refractivity contribution is -0.113. The smallest absolute Gasteiger partial charge is 0.239 e. The van der Waals surface area contributed by atoms with Gasteiger partial charge in [-0.05, 0) is 31.0 Å². The number of aryl methyl sites for hydroxylation is 1. The maximum absolute atomic E-state index is 13.4. The molecule has 100 valence electrons. The Morgan fingerprint density at radius 3 is 2.61 bits per heavy atom. The number of hydrogen-bond donors (Lipinski definition) is 1. The summed E-state index contributed by atoms with van der Waals surface area (Å²) in [5, 5.41) is 2.26. The van der Waals surface area contributed by atoms with Crippen molar-refractivity contribution in [3.63, 3.8) is 0 Å². The van der Waals surface area contributed by atoms with Crippen LogP contribution in [0.25, 0.3) is 0 Å². The molecule has 1 aromatic rings. The van der Waals surface area contributed by atoms with Crippen molar-refractivity contribution in [3.8, 4) is 0 Å². The number of rotatable bonds is 5. The molecule has 0 unspecified atom stereocenters. The van der Waals surface area contributed by atoms with E-state index in [1.807, 2.05) is 0 Å². The summed E-state index contributed by atoms with van der Waals surface area (Å²) in [4.78, 5) is 11.5. The van der Waals surface area contributed by atoms with E-state index in [4.69, 9.17) is 0 Å². The number of nitrogens with one attached hydrogen (secondary N) is 1. The third-order valence-corrected chi connectivity index (χ3v) is 4.00. The number of sulfone groups is 1. The largest absolute Gasteiger partial charge is 0.323 e. The van der Waals surface area contributed by atoms with Gasteiger partial charge in [-0.2, -0.15) is 0 Å². The highest BCUT2D eigenvalue weighted by Gasteiger charge is 2.16.